The number of hydrogen-bond donors (Lipinski definition) is 5. The van der Waals surface area contributed by atoms with Gasteiger partial charge in [-0.2, -0.15) is 0 Å². The number of nitrogens with two attached hydrogens (primary N) is 1. The first-order chi connectivity index (χ1) is 11.8. The standard InChI is InChI=1S/C17H25N5O3.ClH/c1-10(2)15(18)16(24)19-9-14(23)20-11-3-5-12(6-4-11)21-17(25)22-13-7-8-13;/h3-6,10,13,15H,7-9,18H2,1-2H3,(H,19,24)(H,20,23)(H2,21,22,25);1H/t15-;/m0./s1. The van der Waals surface area contributed by atoms with Crippen LogP contribution in [0.25, 0.3) is 0 Å². The predicted molar refractivity (Wildman–Crippen MR) is 103 cm³/mol. The van der Waals surface area contributed by atoms with Crippen LogP contribution in [-0.4, -0.2) is 36.5 Å². The van der Waals surface area contributed by atoms with Crippen molar-refractivity contribution in [1.29, 1.82) is 0 Å². The molecule has 0 radical (unpaired) electrons. The number of nitrogens with one attached hydrogen (secondary N) is 4. The Morgan fingerprint density at radius 1 is 1.08 bits per heavy atom. The molecule has 0 spiro atoms. The molecule has 1 fully saturated rings. The number of halogens is 1. The SMILES string of the molecule is CC(C)[C@H](N)C(=O)NCC(=O)Nc1ccc(NC(=O)NC2CC2)cc1.Cl. The van der Waals surface area contributed by atoms with Gasteiger partial charge in [0.15, 0.2) is 0 Å². The van der Waals surface area contributed by atoms with Crippen molar-refractivity contribution in [2.75, 3.05) is 17.2 Å². The molecule has 2 rings (SSSR count). The van der Waals surface area contributed by atoms with E-state index < -0.39 is 6.04 Å². The molecule has 0 bridgehead atoms. The second-order valence-electron chi connectivity index (χ2n) is 6.49. The molecule has 9 heteroatoms. The fraction of sp³-hybridized carbons (Fsp3) is 0.471. The molecule has 144 valence electrons. The van der Waals surface area contributed by atoms with Gasteiger partial charge in [-0.3, -0.25) is 9.59 Å². The first kappa shape index (κ1) is 21.7. The van der Waals surface area contributed by atoms with Gasteiger partial charge >= 0.3 is 6.03 Å². The van der Waals surface area contributed by atoms with E-state index in [0.29, 0.717) is 11.4 Å². The Kier molecular flexibility index (Phi) is 8.34. The van der Waals surface area contributed by atoms with Crippen LogP contribution in [0.4, 0.5) is 16.2 Å². The molecule has 0 aliphatic heterocycles. The highest BCUT2D eigenvalue weighted by molar-refractivity contribution is 5.95. The topological polar surface area (TPSA) is 125 Å². The van der Waals surface area contributed by atoms with Crippen molar-refractivity contribution in [3.05, 3.63) is 24.3 Å². The summed E-state index contributed by atoms with van der Waals surface area (Å²) >= 11 is 0. The summed E-state index contributed by atoms with van der Waals surface area (Å²) in [7, 11) is 0. The van der Waals surface area contributed by atoms with E-state index in [-0.39, 0.29) is 48.8 Å². The largest absolute Gasteiger partial charge is 0.346 e. The number of hydrogen-bond acceptors (Lipinski definition) is 4. The lowest BCUT2D eigenvalue weighted by atomic mass is 10.1. The molecule has 1 atom stereocenters. The number of carbonyl (C=O) groups is 3. The monoisotopic (exact) mass is 383 g/mol. The van der Waals surface area contributed by atoms with Gasteiger partial charge in [-0.1, -0.05) is 13.8 Å². The van der Waals surface area contributed by atoms with E-state index in [2.05, 4.69) is 21.3 Å². The van der Waals surface area contributed by atoms with E-state index in [0.717, 1.165) is 12.8 Å². The Morgan fingerprint density at radius 3 is 2.12 bits per heavy atom. The second-order valence-corrected chi connectivity index (χ2v) is 6.49. The average Bonchev–Trinajstić information content (AvgIpc) is 3.37. The maximum Gasteiger partial charge on any atom is 0.319 e. The first-order valence-corrected chi connectivity index (χ1v) is 8.36. The number of benzene rings is 1. The Morgan fingerprint density at radius 2 is 1.62 bits per heavy atom. The molecule has 0 saturated heterocycles. The zero-order valence-electron chi connectivity index (χ0n) is 14.9. The second kappa shape index (κ2) is 9.98. The zero-order valence-corrected chi connectivity index (χ0v) is 15.7. The minimum Gasteiger partial charge on any atom is -0.346 e. The Hall–Kier alpha value is -2.32. The van der Waals surface area contributed by atoms with Gasteiger partial charge in [-0.05, 0) is 43.0 Å². The van der Waals surface area contributed by atoms with Crippen LogP contribution in [0.15, 0.2) is 24.3 Å². The summed E-state index contributed by atoms with van der Waals surface area (Å²) in [4.78, 5) is 35.2. The third-order valence-electron chi connectivity index (χ3n) is 3.78. The predicted octanol–water partition coefficient (Wildman–Crippen LogP) is 1.43. The molecule has 4 amide bonds. The van der Waals surface area contributed by atoms with E-state index in [1.807, 2.05) is 13.8 Å². The number of rotatable bonds is 7. The third kappa shape index (κ3) is 7.28. The Labute approximate surface area is 159 Å². The third-order valence-corrected chi connectivity index (χ3v) is 3.78. The first-order valence-electron chi connectivity index (χ1n) is 8.36. The average molecular weight is 384 g/mol. The minimum atomic E-state index is -0.639. The Balaban J connectivity index is 0.00000338. The van der Waals surface area contributed by atoms with Crippen molar-refractivity contribution in [1.82, 2.24) is 10.6 Å². The molecule has 1 aromatic rings. The van der Waals surface area contributed by atoms with Crippen molar-refractivity contribution < 1.29 is 14.4 Å². The van der Waals surface area contributed by atoms with Crippen molar-refractivity contribution >= 4 is 41.6 Å². The van der Waals surface area contributed by atoms with Crippen molar-refractivity contribution in [3.63, 3.8) is 0 Å². The summed E-state index contributed by atoms with van der Waals surface area (Å²) in [5, 5.41) is 10.7. The van der Waals surface area contributed by atoms with Gasteiger partial charge in [0, 0.05) is 17.4 Å². The van der Waals surface area contributed by atoms with E-state index >= 15 is 0 Å². The van der Waals surface area contributed by atoms with Crippen LogP contribution in [-0.2, 0) is 9.59 Å². The van der Waals surface area contributed by atoms with E-state index in [1.54, 1.807) is 24.3 Å². The smallest absolute Gasteiger partial charge is 0.319 e. The highest BCUT2D eigenvalue weighted by Crippen LogP contribution is 2.19. The number of anilines is 2. The fourth-order valence-corrected chi connectivity index (χ4v) is 2.01. The lowest BCUT2D eigenvalue weighted by molar-refractivity contribution is -0.125. The summed E-state index contributed by atoms with van der Waals surface area (Å²) in [6.45, 7) is 3.53. The van der Waals surface area contributed by atoms with Gasteiger partial charge in [-0.15, -0.1) is 12.4 Å². The maximum absolute atomic E-state index is 11.9. The van der Waals surface area contributed by atoms with Gasteiger partial charge in [0.2, 0.25) is 11.8 Å². The van der Waals surface area contributed by atoms with Gasteiger partial charge in [-0.25, -0.2) is 4.79 Å². The molecule has 1 saturated carbocycles. The molecule has 6 N–H and O–H groups in total. The highest BCUT2D eigenvalue weighted by Gasteiger charge is 2.23. The summed E-state index contributed by atoms with van der Waals surface area (Å²) in [6, 6.07) is 6.14. The van der Waals surface area contributed by atoms with Crippen LogP contribution >= 0.6 is 12.4 Å². The van der Waals surface area contributed by atoms with E-state index in [1.165, 1.54) is 0 Å². The summed E-state index contributed by atoms with van der Waals surface area (Å²) in [5.41, 5.74) is 6.91. The molecule has 1 aliphatic rings. The molecule has 0 heterocycles. The number of amides is 4. The van der Waals surface area contributed by atoms with Gasteiger partial charge < -0.3 is 27.0 Å². The number of urea groups is 1. The molecule has 1 aromatic carbocycles. The number of carbonyl (C=O) groups excluding carboxylic acids is 3. The lowest BCUT2D eigenvalue weighted by Crippen LogP contribution is -2.46. The maximum atomic E-state index is 11.9. The fourth-order valence-electron chi connectivity index (χ4n) is 2.01. The minimum absolute atomic E-state index is 0. The van der Waals surface area contributed by atoms with E-state index in [4.69, 9.17) is 5.73 Å². The molecular weight excluding hydrogens is 358 g/mol. The summed E-state index contributed by atoms with van der Waals surface area (Å²) in [6.07, 6.45) is 2.05. The molecule has 0 unspecified atom stereocenters. The highest BCUT2D eigenvalue weighted by atomic mass is 35.5. The van der Waals surface area contributed by atoms with Gasteiger partial charge in [0.1, 0.15) is 0 Å². The normalized spacial score (nSPS) is 14.0. The van der Waals surface area contributed by atoms with Crippen molar-refractivity contribution in [2.45, 2.75) is 38.8 Å². The lowest BCUT2D eigenvalue weighted by Gasteiger charge is -2.15. The van der Waals surface area contributed by atoms with E-state index in [9.17, 15) is 14.4 Å². The van der Waals surface area contributed by atoms with Crippen LogP contribution in [0.2, 0.25) is 0 Å². The van der Waals surface area contributed by atoms with Crippen molar-refractivity contribution in [3.8, 4) is 0 Å². The quantitative estimate of drug-likeness (QED) is 0.488. The summed E-state index contributed by atoms with van der Waals surface area (Å²) < 4.78 is 0. The summed E-state index contributed by atoms with van der Waals surface area (Å²) in [5.74, 6) is -0.705. The van der Waals surface area contributed by atoms with Gasteiger partial charge in [0.05, 0.1) is 12.6 Å². The van der Waals surface area contributed by atoms with Gasteiger partial charge in [0.25, 0.3) is 0 Å². The molecule has 1 aliphatic carbocycles. The van der Waals surface area contributed by atoms with Crippen LogP contribution in [0.1, 0.15) is 26.7 Å². The van der Waals surface area contributed by atoms with Crippen LogP contribution in [0, 0.1) is 5.92 Å². The molecular formula is C17H26ClN5O3. The van der Waals surface area contributed by atoms with Crippen molar-refractivity contribution in [2.24, 2.45) is 11.7 Å². The molecule has 8 nitrogen and oxygen atoms in total. The van der Waals surface area contributed by atoms with Crippen LogP contribution < -0.4 is 27.0 Å². The van der Waals surface area contributed by atoms with Crippen LogP contribution in [0.3, 0.4) is 0 Å². The Bertz CT molecular complexity index is 632. The van der Waals surface area contributed by atoms with Crippen LogP contribution in [0.5, 0.6) is 0 Å². The molecule has 26 heavy (non-hydrogen) atoms. The molecule has 0 aromatic heterocycles. The zero-order chi connectivity index (χ0) is 18.4.